The van der Waals surface area contributed by atoms with Crippen molar-refractivity contribution in [2.75, 3.05) is 32.9 Å². The average Bonchev–Trinajstić information content (AvgIpc) is 3.26. The zero-order chi connectivity index (χ0) is 20.4. The van der Waals surface area contributed by atoms with Crippen LogP contribution in [0.1, 0.15) is 63.5 Å². The number of hydrogen-bond donors (Lipinski definition) is 0. The molecule has 1 aromatic rings. The predicted molar refractivity (Wildman–Crippen MR) is 116 cm³/mol. The highest BCUT2D eigenvalue weighted by Gasteiger charge is 2.33. The Hall–Kier alpha value is -0.920. The van der Waals surface area contributed by atoms with Crippen molar-refractivity contribution >= 4 is 9.84 Å². The van der Waals surface area contributed by atoms with Crippen molar-refractivity contribution < 1.29 is 8.42 Å². The summed E-state index contributed by atoms with van der Waals surface area (Å²) in [5.74, 6) is 1.21. The van der Waals surface area contributed by atoms with Crippen molar-refractivity contribution in [3.63, 3.8) is 0 Å². The van der Waals surface area contributed by atoms with Crippen LogP contribution in [0.5, 0.6) is 0 Å². The van der Waals surface area contributed by atoms with Gasteiger partial charge in [-0.25, -0.2) is 13.4 Å². The highest BCUT2D eigenvalue weighted by Crippen LogP contribution is 2.33. The summed E-state index contributed by atoms with van der Waals surface area (Å²) in [6, 6.07) is 0.604. The van der Waals surface area contributed by atoms with E-state index in [1.165, 1.54) is 51.5 Å². The number of imidazole rings is 1. The van der Waals surface area contributed by atoms with Gasteiger partial charge in [0.2, 0.25) is 15.0 Å². The number of nitrogens with zero attached hydrogens (tertiary/aromatic N) is 4. The van der Waals surface area contributed by atoms with Crippen LogP contribution in [-0.4, -0.2) is 66.7 Å². The average molecular weight is 423 g/mol. The molecule has 0 bridgehead atoms. The Balaban J connectivity index is 1.51. The molecule has 0 amide bonds. The number of likely N-dealkylation sites (N-methyl/N-ethyl adjacent to an activating group) is 2. The first-order valence-electron chi connectivity index (χ1n) is 11.6. The van der Waals surface area contributed by atoms with Gasteiger partial charge in [-0.1, -0.05) is 19.3 Å². The summed E-state index contributed by atoms with van der Waals surface area (Å²) >= 11 is 0. The first kappa shape index (κ1) is 21.3. The Labute approximate surface area is 176 Å². The van der Waals surface area contributed by atoms with Gasteiger partial charge in [-0.15, -0.1) is 0 Å². The number of rotatable bonds is 9. The molecule has 1 saturated heterocycles. The van der Waals surface area contributed by atoms with E-state index in [0.29, 0.717) is 23.0 Å². The van der Waals surface area contributed by atoms with E-state index < -0.39 is 9.84 Å². The Morgan fingerprint density at radius 2 is 1.83 bits per heavy atom. The molecule has 0 spiro atoms. The zero-order valence-electron chi connectivity index (χ0n) is 18.2. The van der Waals surface area contributed by atoms with Gasteiger partial charge < -0.3 is 9.47 Å². The highest BCUT2D eigenvalue weighted by atomic mass is 32.2. The molecule has 1 aliphatic heterocycles. The number of likely N-dealkylation sites (tertiary alicyclic amines) is 1. The minimum absolute atomic E-state index is 0.275. The van der Waals surface area contributed by atoms with E-state index in [-0.39, 0.29) is 5.75 Å². The molecule has 7 heteroatoms. The molecule has 1 atom stereocenters. The molecule has 29 heavy (non-hydrogen) atoms. The van der Waals surface area contributed by atoms with Gasteiger partial charge in [0.15, 0.2) is 0 Å². The lowest BCUT2D eigenvalue weighted by Gasteiger charge is -2.27. The van der Waals surface area contributed by atoms with E-state index in [4.69, 9.17) is 0 Å². The third-order valence-corrected chi connectivity index (χ3v) is 8.92. The summed E-state index contributed by atoms with van der Waals surface area (Å²) in [6.07, 6.45) is 12.7. The summed E-state index contributed by atoms with van der Waals surface area (Å²) in [5.41, 5.74) is 1.06. The second kappa shape index (κ2) is 9.06. The third-order valence-electron chi connectivity index (χ3n) is 7.12. The van der Waals surface area contributed by atoms with E-state index in [1.807, 2.05) is 6.20 Å². The number of aromatic nitrogens is 2. The zero-order valence-corrected chi connectivity index (χ0v) is 19.0. The lowest BCUT2D eigenvalue weighted by Crippen LogP contribution is -2.36. The van der Waals surface area contributed by atoms with Crippen LogP contribution in [0.4, 0.5) is 0 Å². The molecular formula is C22H38N4O2S. The van der Waals surface area contributed by atoms with Crippen LogP contribution in [0.15, 0.2) is 11.4 Å². The van der Waals surface area contributed by atoms with Gasteiger partial charge in [-0.3, -0.25) is 4.90 Å². The summed E-state index contributed by atoms with van der Waals surface area (Å²) < 4.78 is 28.2. The van der Waals surface area contributed by atoms with Gasteiger partial charge >= 0.3 is 0 Å². The monoisotopic (exact) mass is 422 g/mol. The van der Waals surface area contributed by atoms with E-state index >= 15 is 0 Å². The lowest BCUT2D eigenvalue weighted by atomic mass is 9.89. The molecule has 0 N–H and O–H groups in total. The van der Waals surface area contributed by atoms with Crippen LogP contribution in [0, 0.1) is 11.8 Å². The largest absolute Gasteiger partial charge is 0.317 e. The van der Waals surface area contributed by atoms with Crippen molar-refractivity contribution in [2.45, 2.75) is 82.1 Å². The van der Waals surface area contributed by atoms with Gasteiger partial charge in [0.1, 0.15) is 0 Å². The molecule has 3 fully saturated rings. The van der Waals surface area contributed by atoms with Gasteiger partial charge in [0, 0.05) is 25.7 Å². The second-order valence-electron chi connectivity index (χ2n) is 9.84. The topological polar surface area (TPSA) is 58.4 Å². The Morgan fingerprint density at radius 3 is 2.48 bits per heavy atom. The van der Waals surface area contributed by atoms with Gasteiger partial charge in [-0.05, 0) is 71.0 Å². The predicted octanol–water partition coefficient (Wildman–Crippen LogP) is 3.17. The van der Waals surface area contributed by atoms with Gasteiger partial charge in [0.05, 0.1) is 17.6 Å². The van der Waals surface area contributed by atoms with E-state index in [1.54, 1.807) is 0 Å². The Morgan fingerprint density at radius 1 is 1.07 bits per heavy atom. The van der Waals surface area contributed by atoms with Crippen LogP contribution in [0.3, 0.4) is 0 Å². The minimum Gasteiger partial charge on any atom is -0.317 e. The van der Waals surface area contributed by atoms with Gasteiger partial charge in [-0.2, -0.15) is 0 Å². The molecule has 2 saturated carbocycles. The molecule has 164 valence electrons. The fourth-order valence-electron chi connectivity index (χ4n) is 5.17. The molecule has 2 heterocycles. The molecule has 0 radical (unpaired) electrons. The SMILES string of the molecule is CN(Cc1cnc(S(=O)(=O)CC2CC2)n1CC1CCCCC1)CC1CCCN1C. The highest BCUT2D eigenvalue weighted by molar-refractivity contribution is 7.91. The standard InChI is InChI=1S/C22H38N4O2S/c1-24(15-20-9-6-12-25(20)2)16-21-13-23-22(29(27,28)17-19-10-11-19)26(21)14-18-7-4-3-5-8-18/h13,18-20H,3-12,14-17H2,1-2H3. The third kappa shape index (κ3) is 5.42. The summed E-state index contributed by atoms with van der Waals surface area (Å²) in [4.78, 5) is 9.26. The molecule has 0 aromatic carbocycles. The smallest absolute Gasteiger partial charge is 0.227 e. The first-order valence-corrected chi connectivity index (χ1v) is 13.2. The van der Waals surface area contributed by atoms with Gasteiger partial charge in [0.25, 0.3) is 0 Å². The molecular weight excluding hydrogens is 384 g/mol. The maximum atomic E-state index is 13.1. The molecule has 4 rings (SSSR count). The summed E-state index contributed by atoms with van der Waals surface area (Å²) in [7, 11) is 1.07. The molecule has 1 unspecified atom stereocenters. The molecule has 3 aliphatic rings. The first-order chi connectivity index (χ1) is 13.9. The Kier molecular flexibility index (Phi) is 6.66. The van der Waals surface area contributed by atoms with Crippen LogP contribution in [0.2, 0.25) is 0 Å². The fraction of sp³-hybridized carbons (Fsp3) is 0.864. The maximum absolute atomic E-state index is 13.1. The van der Waals surface area contributed by atoms with E-state index in [9.17, 15) is 8.42 Å². The van der Waals surface area contributed by atoms with E-state index in [0.717, 1.165) is 38.2 Å². The normalized spacial score (nSPS) is 24.6. The summed E-state index contributed by atoms with van der Waals surface area (Å²) in [5, 5.41) is 0.330. The lowest BCUT2D eigenvalue weighted by molar-refractivity contribution is 0.210. The summed E-state index contributed by atoms with van der Waals surface area (Å²) in [6.45, 7) is 3.78. The molecule has 1 aromatic heterocycles. The maximum Gasteiger partial charge on any atom is 0.227 e. The van der Waals surface area contributed by atoms with Crippen molar-refractivity contribution in [2.24, 2.45) is 11.8 Å². The van der Waals surface area contributed by atoms with E-state index in [2.05, 4.69) is 33.4 Å². The number of sulfone groups is 1. The van der Waals surface area contributed by atoms with Crippen LogP contribution < -0.4 is 0 Å². The van der Waals surface area contributed by atoms with Crippen LogP contribution in [0.25, 0.3) is 0 Å². The molecule has 2 aliphatic carbocycles. The van der Waals surface area contributed by atoms with Crippen LogP contribution >= 0.6 is 0 Å². The van der Waals surface area contributed by atoms with Crippen LogP contribution in [-0.2, 0) is 22.9 Å². The number of hydrogen-bond acceptors (Lipinski definition) is 5. The molecule has 6 nitrogen and oxygen atoms in total. The van der Waals surface area contributed by atoms with Crippen molar-refractivity contribution in [3.05, 3.63) is 11.9 Å². The fourth-order valence-corrected chi connectivity index (χ4v) is 7.01. The van der Waals surface area contributed by atoms with Crippen molar-refractivity contribution in [3.8, 4) is 0 Å². The minimum atomic E-state index is -3.30. The van der Waals surface area contributed by atoms with Crippen molar-refractivity contribution in [1.82, 2.24) is 19.4 Å². The quantitative estimate of drug-likeness (QED) is 0.612. The second-order valence-corrected chi connectivity index (χ2v) is 11.8. The Bertz CT molecular complexity index is 781. The van der Waals surface area contributed by atoms with Crippen molar-refractivity contribution in [1.29, 1.82) is 0 Å².